The molecule has 1 amide bonds. The number of amides is 1. The average molecular weight is 490 g/mol. The van der Waals surface area contributed by atoms with Crippen molar-refractivity contribution in [2.24, 2.45) is 0 Å². The van der Waals surface area contributed by atoms with E-state index in [1.807, 2.05) is 13.0 Å². The van der Waals surface area contributed by atoms with Gasteiger partial charge in [-0.2, -0.15) is 0 Å². The number of halogens is 1. The van der Waals surface area contributed by atoms with E-state index in [0.717, 1.165) is 9.13 Å². The molecule has 0 bridgehead atoms. The lowest BCUT2D eigenvalue weighted by Crippen LogP contribution is -2.33. The molecule has 9 heteroatoms. The van der Waals surface area contributed by atoms with Gasteiger partial charge in [0.1, 0.15) is 12.2 Å². The summed E-state index contributed by atoms with van der Waals surface area (Å²) in [6, 6.07) is 3.64. The first-order valence-electron chi connectivity index (χ1n) is 7.72. The maximum absolute atomic E-state index is 12.5. The maximum atomic E-state index is 12.5. The standard InChI is InChI=1S/C17H19IN2O5S/c1-5-25-15-11(18)6-10(8-13(15)23-3)7-12-16(22)19(2)17(26)20(12)9-14(21)24-4/h6-8H,5,9H2,1-4H3/b12-7-. The number of esters is 1. The minimum Gasteiger partial charge on any atom is -0.493 e. The van der Waals surface area contributed by atoms with Crippen LogP contribution in [0.2, 0.25) is 0 Å². The normalized spacial score (nSPS) is 15.7. The number of methoxy groups -OCH3 is 2. The van der Waals surface area contributed by atoms with E-state index in [2.05, 4.69) is 22.6 Å². The van der Waals surface area contributed by atoms with Gasteiger partial charge in [-0.25, -0.2) is 0 Å². The molecule has 1 fully saturated rings. The Morgan fingerprint density at radius 3 is 2.62 bits per heavy atom. The average Bonchev–Trinajstić information content (AvgIpc) is 2.81. The van der Waals surface area contributed by atoms with Gasteiger partial charge in [0.2, 0.25) is 0 Å². The highest BCUT2D eigenvalue weighted by Crippen LogP contribution is 2.35. The van der Waals surface area contributed by atoms with Gasteiger partial charge in [0, 0.05) is 7.05 Å². The lowest BCUT2D eigenvalue weighted by molar-refractivity contribution is -0.140. The number of nitrogens with zero attached hydrogens (tertiary/aromatic N) is 2. The van der Waals surface area contributed by atoms with E-state index in [4.69, 9.17) is 26.4 Å². The summed E-state index contributed by atoms with van der Waals surface area (Å²) < 4.78 is 16.5. The molecule has 1 aliphatic rings. The molecule has 140 valence electrons. The van der Waals surface area contributed by atoms with E-state index < -0.39 is 5.97 Å². The van der Waals surface area contributed by atoms with Crippen LogP contribution in [0.4, 0.5) is 0 Å². The van der Waals surface area contributed by atoms with Crippen LogP contribution in [0.1, 0.15) is 12.5 Å². The minimum atomic E-state index is -0.486. The van der Waals surface area contributed by atoms with Crippen LogP contribution < -0.4 is 9.47 Å². The summed E-state index contributed by atoms with van der Waals surface area (Å²) >= 11 is 7.41. The summed E-state index contributed by atoms with van der Waals surface area (Å²) in [5.74, 6) is 0.433. The van der Waals surface area contributed by atoms with Gasteiger partial charge in [-0.1, -0.05) is 0 Å². The third-order valence-corrected chi connectivity index (χ3v) is 4.99. The number of carbonyl (C=O) groups is 2. The predicted molar refractivity (Wildman–Crippen MR) is 109 cm³/mol. The Kier molecular flexibility index (Phi) is 6.81. The van der Waals surface area contributed by atoms with Crippen molar-refractivity contribution in [2.45, 2.75) is 6.92 Å². The summed E-state index contributed by atoms with van der Waals surface area (Å²) in [6.07, 6.45) is 1.67. The molecular formula is C17H19IN2O5S. The molecule has 0 saturated carbocycles. The van der Waals surface area contributed by atoms with Crippen LogP contribution >= 0.6 is 34.8 Å². The van der Waals surface area contributed by atoms with E-state index in [9.17, 15) is 9.59 Å². The predicted octanol–water partition coefficient (Wildman–Crippen LogP) is 2.27. The van der Waals surface area contributed by atoms with Crippen LogP contribution in [0.5, 0.6) is 11.5 Å². The van der Waals surface area contributed by atoms with Gasteiger partial charge >= 0.3 is 5.97 Å². The first-order chi connectivity index (χ1) is 12.3. The quantitative estimate of drug-likeness (QED) is 0.262. The van der Waals surface area contributed by atoms with Crippen molar-refractivity contribution in [2.75, 3.05) is 34.4 Å². The number of benzene rings is 1. The fourth-order valence-corrected chi connectivity index (χ4v) is 3.44. The molecule has 1 saturated heterocycles. The van der Waals surface area contributed by atoms with E-state index in [1.165, 1.54) is 16.9 Å². The Morgan fingerprint density at radius 2 is 2.04 bits per heavy atom. The van der Waals surface area contributed by atoms with Crippen LogP contribution in [-0.4, -0.2) is 61.2 Å². The lowest BCUT2D eigenvalue weighted by Gasteiger charge is -2.17. The highest BCUT2D eigenvalue weighted by atomic mass is 127. The third-order valence-electron chi connectivity index (χ3n) is 3.69. The molecule has 0 aliphatic carbocycles. The summed E-state index contributed by atoms with van der Waals surface area (Å²) in [7, 11) is 4.41. The molecule has 0 aromatic heterocycles. The fourth-order valence-electron chi connectivity index (χ4n) is 2.41. The molecule has 7 nitrogen and oxygen atoms in total. The van der Waals surface area contributed by atoms with E-state index in [1.54, 1.807) is 26.3 Å². The fraction of sp³-hybridized carbons (Fsp3) is 0.353. The van der Waals surface area contributed by atoms with Crippen molar-refractivity contribution in [3.63, 3.8) is 0 Å². The monoisotopic (exact) mass is 490 g/mol. The van der Waals surface area contributed by atoms with E-state index >= 15 is 0 Å². The van der Waals surface area contributed by atoms with Crippen LogP contribution in [0.15, 0.2) is 17.8 Å². The molecule has 0 N–H and O–H groups in total. The SMILES string of the molecule is CCOc1c(I)cc(/C=C2/C(=O)N(C)C(=S)N2CC(=O)OC)cc1OC. The van der Waals surface area contributed by atoms with Crippen molar-refractivity contribution in [3.05, 3.63) is 27.0 Å². The van der Waals surface area contributed by atoms with Crippen molar-refractivity contribution in [3.8, 4) is 11.5 Å². The molecular weight excluding hydrogens is 471 g/mol. The number of thiocarbonyl (C=S) groups is 1. The highest BCUT2D eigenvalue weighted by Gasteiger charge is 2.36. The van der Waals surface area contributed by atoms with Crippen molar-refractivity contribution >= 4 is 57.9 Å². The zero-order valence-corrected chi connectivity index (χ0v) is 17.8. The summed E-state index contributed by atoms with van der Waals surface area (Å²) in [6.45, 7) is 2.27. The third kappa shape index (κ3) is 4.09. The van der Waals surface area contributed by atoms with Crippen molar-refractivity contribution in [1.29, 1.82) is 0 Å². The molecule has 0 atom stereocenters. The van der Waals surface area contributed by atoms with Gasteiger partial charge in [0.25, 0.3) is 5.91 Å². The van der Waals surface area contributed by atoms with Gasteiger partial charge in [-0.15, -0.1) is 0 Å². The zero-order valence-electron chi connectivity index (χ0n) is 14.9. The van der Waals surface area contributed by atoms with E-state index in [-0.39, 0.29) is 17.6 Å². The first kappa shape index (κ1) is 20.4. The number of carbonyl (C=O) groups excluding carboxylic acids is 2. The number of ether oxygens (including phenoxy) is 3. The summed E-state index contributed by atoms with van der Waals surface area (Å²) in [5.41, 5.74) is 1.02. The van der Waals surface area contributed by atoms with Crippen LogP contribution in [0.3, 0.4) is 0 Å². The van der Waals surface area contributed by atoms with Crippen LogP contribution in [0, 0.1) is 3.57 Å². The molecule has 26 heavy (non-hydrogen) atoms. The Labute approximate surface area is 171 Å². The Bertz CT molecular complexity index is 781. The second-order valence-corrected chi connectivity index (χ2v) is 6.83. The van der Waals surface area contributed by atoms with Gasteiger partial charge in [-0.3, -0.25) is 14.5 Å². The number of hydrogen-bond acceptors (Lipinski definition) is 6. The topological polar surface area (TPSA) is 68.3 Å². The largest absolute Gasteiger partial charge is 0.493 e. The van der Waals surface area contributed by atoms with Crippen molar-refractivity contribution in [1.82, 2.24) is 9.80 Å². The van der Waals surface area contributed by atoms with E-state index in [0.29, 0.717) is 23.8 Å². The molecule has 1 aliphatic heterocycles. The maximum Gasteiger partial charge on any atom is 0.325 e. The Morgan fingerprint density at radius 1 is 1.35 bits per heavy atom. The zero-order chi connectivity index (χ0) is 19.4. The smallest absolute Gasteiger partial charge is 0.325 e. The molecule has 2 rings (SSSR count). The van der Waals surface area contributed by atoms with Gasteiger partial charge < -0.3 is 19.1 Å². The minimum absolute atomic E-state index is 0.136. The molecule has 1 heterocycles. The first-order valence-corrected chi connectivity index (χ1v) is 9.21. The number of likely N-dealkylation sites (N-methyl/N-ethyl adjacent to an activating group) is 1. The summed E-state index contributed by atoms with van der Waals surface area (Å²) in [4.78, 5) is 27.0. The molecule has 1 aromatic rings. The second kappa shape index (κ2) is 8.67. The summed E-state index contributed by atoms with van der Waals surface area (Å²) in [5, 5.41) is 0.249. The van der Waals surface area contributed by atoms with Crippen LogP contribution in [-0.2, 0) is 14.3 Å². The molecule has 0 spiro atoms. The molecule has 0 radical (unpaired) electrons. The molecule has 1 aromatic carbocycles. The van der Waals surface area contributed by atoms with Gasteiger partial charge in [-0.05, 0) is 65.5 Å². The highest BCUT2D eigenvalue weighted by molar-refractivity contribution is 14.1. The van der Waals surface area contributed by atoms with Crippen LogP contribution in [0.25, 0.3) is 6.08 Å². The Balaban J connectivity index is 2.48. The van der Waals surface area contributed by atoms with Gasteiger partial charge in [0.05, 0.1) is 24.4 Å². The number of hydrogen-bond donors (Lipinski definition) is 0. The number of rotatable bonds is 6. The second-order valence-electron chi connectivity index (χ2n) is 5.31. The lowest BCUT2D eigenvalue weighted by atomic mass is 10.1. The Hall–Kier alpha value is -1.88. The van der Waals surface area contributed by atoms with Crippen molar-refractivity contribution < 1.29 is 23.8 Å². The molecule has 0 unspecified atom stereocenters. The van der Waals surface area contributed by atoms with Gasteiger partial charge in [0.15, 0.2) is 16.6 Å².